The van der Waals surface area contributed by atoms with Gasteiger partial charge in [0.1, 0.15) is 30.2 Å². The first-order chi connectivity index (χ1) is 29.7. The second-order valence-electron chi connectivity index (χ2n) is 19.2. The Morgan fingerprint density at radius 3 is 2.29 bits per heavy atom. The lowest BCUT2D eigenvalue weighted by atomic mass is 9.62. The third-order valence-electron chi connectivity index (χ3n) is 15.4. The summed E-state index contributed by atoms with van der Waals surface area (Å²) in [5, 5.41) is 16.1. The summed E-state index contributed by atoms with van der Waals surface area (Å²) in [6.07, 6.45) is 2.43. The van der Waals surface area contributed by atoms with Crippen LogP contribution in [0.2, 0.25) is 0 Å². The molecule has 2 N–H and O–H groups in total. The number of rotatable bonds is 11. The molecule has 5 fully saturated rings. The van der Waals surface area contributed by atoms with Gasteiger partial charge in [0, 0.05) is 39.2 Å². The van der Waals surface area contributed by atoms with E-state index < -0.39 is 66.6 Å². The Morgan fingerprint density at radius 2 is 1.63 bits per heavy atom. The number of esters is 1. The highest BCUT2D eigenvalue weighted by Gasteiger charge is 2.60. The molecule has 4 unspecified atom stereocenters. The van der Waals surface area contributed by atoms with Crippen molar-refractivity contribution in [1.82, 2.24) is 4.90 Å². The highest BCUT2D eigenvalue weighted by molar-refractivity contribution is 5.99. The number of nitrogens with one attached hydrogen (secondary N) is 1. The van der Waals surface area contributed by atoms with Crippen LogP contribution in [0.25, 0.3) is 0 Å². The van der Waals surface area contributed by atoms with Gasteiger partial charge >= 0.3 is 5.97 Å². The molecule has 3 saturated heterocycles. The van der Waals surface area contributed by atoms with Crippen molar-refractivity contribution in [3.8, 4) is 0 Å². The standard InChI is InChI=1S/C48H73FN2O11/c1-11-28-15-13-17-37(62-39-19-18-36(51(6)7)26(4)58-39)25(3)43(53)34-22-31-30-20-29(61-48-47(57-10)46(56-9)45(55-8)27(5)59-48)21-33(30)44(54)42(40(31)32(34)23-38(52)60-28)50-41-24(2)14-12-16-35(41)49/h12,14,16,22,25-33,36-37,39-40,42,44-48,50,54H,11,13,15,17-21,23H2,1-10H3/t25-,26?,27?,28+,29+,30+,31+,32-,33-,36+,37+,39+,40-,42-,44-,45+,46?,47?,48+/m1/s1. The van der Waals surface area contributed by atoms with Gasteiger partial charge in [0.15, 0.2) is 18.4 Å². The van der Waals surface area contributed by atoms with Crippen molar-refractivity contribution in [3.05, 3.63) is 41.2 Å². The molecule has 19 atom stereocenters. The number of methoxy groups -OCH3 is 3. The maximum atomic E-state index is 15.7. The topological polar surface area (TPSA) is 143 Å². The first-order valence-corrected chi connectivity index (χ1v) is 23.2. The van der Waals surface area contributed by atoms with Crippen LogP contribution in [0.4, 0.5) is 10.1 Å². The van der Waals surface area contributed by atoms with Crippen LogP contribution in [0.15, 0.2) is 29.8 Å². The van der Waals surface area contributed by atoms with E-state index >= 15 is 9.18 Å². The average Bonchev–Trinajstić information content (AvgIpc) is 3.83. The molecular weight excluding hydrogens is 800 g/mol. The molecule has 0 amide bonds. The molecule has 7 rings (SSSR count). The Kier molecular flexibility index (Phi) is 15.6. The predicted molar refractivity (Wildman–Crippen MR) is 230 cm³/mol. The monoisotopic (exact) mass is 873 g/mol. The van der Waals surface area contributed by atoms with E-state index in [-0.39, 0.29) is 72.5 Å². The lowest BCUT2D eigenvalue weighted by molar-refractivity contribution is -0.314. The SMILES string of the molecule is CC[C@H]1CCC[C@H](O[C@H]2CC[C@H](N(C)C)C(C)O2)[C@@H](C)C(=O)C2=C[C@H]3[C@@H]4C[C@H](O[C@@H]5OC(C)[C@H](OC)C(OC)C5OC)C[C@H]4[C@@H](O)[C@H](Nc4c(C)cccc4F)[C@H]3[C@@H]2CC(=O)O1. The zero-order chi connectivity index (χ0) is 44.6. The van der Waals surface area contributed by atoms with Crippen LogP contribution >= 0.6 is 0 Å². The van der Waals surface area contributed by atoms with Gasteiger partial charge < -0.3 is 53.2 Å². The molecule has 0 bridgehead atoms. The number of aliphatic hydroxyl groups is 1. The average molecular weight is 873 g/mol. The molecule has 0 spiro atoms. The number of para-hydroxylation sites is 1. The number of likely N-dealkylation sites (N-methyl/N-ethyl adjacent to an activating group) is 1. The number of allylic oxidation sites excluding steroid dienone is 2. The molecule has 3 aliphatic heterocycles. The third-order valence-corrected chi connectivity index (χ3v) is 15.4. The third kappa shape index (κ3) is 9.56. The summed E-state index contributed by atoms with van der Waals surface area (Å²) >= 11 is 0. The zero-order valence-electron chi connectivity index (χ0n) is 38.5. The van der Waals surface area contributed by atoms with Crippen molar-refractivity contribution in [1.29, 1.82) is 0 Å². The van der Waals surface area contributed by atoms with Crippen molar-refractivity contribution >= 4 is 17.4 Å². The molecule has 0 aromatic heterocycles. The Morgan fingerprint density at radius 1 is 0.903 bits per heavy atom. The minimum Gasteiger partial charge on any atom is -0.462 e. The zero-order valence-corrected chi connectivity index (χ0v) is 38.5. The number of aliphatic hydroxyl groups excluding tert-OH is 1. The van der Waals surface area contributed by atoms with Gasteiger partial charge in [0.25, 0.3) is 0 Å². The van der Waals surface area contributed by atoms with Crippen LogP contribution in [-0.4, -0.2) is 137 Å². The lowest BCUT2D eigenvalue weighted by Gasteiger charge is -2.48. The minimum atomic E-state index is -0.962. The number of benzene rings is 1. The van der Waals surface area contributed by atoms with Crippen molar-refractivity contribution in [2.24, 2.45) is 35.5 Å². The first-order valence-electron chi connectivity index (χ1n) is 23.2. The van der Waals surface area contributed by atoms with E-state index in [9.17, 15) is 9.90 Å². The molecule has 6 aliphatic rings. The molecule has 3 aliphatic carbocycles. The number of anilines is 1. The number of ether oxygens (including phenoxy) is 8. The second-order valence-corrected chi connectivity index (χ2v) is 19.2. The van der Waals surface area contributed by atoms with E-state index in [4.69, 9.17) is 37.9 Å². The maximum Gasteiger partial charge on any atom is 0.306 e. The molecular formula is C48H73FN2O11. The Hall–Kier alpha value is -2.53. The summed E-state index contributed by atoms with van der Waals surface area (Å²) in [7, 11) is 8.96. The van der Waals surface area contributed by atoms with E-state index in [1.54, 1.807) is 27.4 Å². The fraction of sp³-hybridized carbons (Fsp3) is 0.792. The normalized spacial score (nSPS) is 42.9. The number of hydrogen-bond acceptors (Lipinski definition) is 13. The number of fused-ring (bicyclic) bond motifs is 5. The number of carbonyl (C=O) groups excluding carboxylic acids is 2. The van der Waals surface area contributed by atoms with Crippen molar-refractivity contribution in [2.75, 3.05) is 40.7 Å². The number of ketones is 1. The minimum absolute atomic E-state index is 0.0341. The number of carbonyl (C=O) groups is 2. The summed E-state index contributed by atoms with van der Waals surface area (Å²) in [6, 6.07) is 4.47. The highest BCUT2D eigenvalue weighted by Crippen LogP contribution is 2.58. The quantitative estimate of drug-likeness (QED) is 0.243. The van der Waals surface area contributed by atoms with Gasteiger partial charge in [0.05, 0.1) is 48.7 Å². The van der Waals surface area contributed by atoms with Crippen LogP contribution in [0.5, 0.6) is 0 Å². The summed E-state index contributed by atoms with van der Waals surface area (Å²) in [6.45, 7) is 9.79. The number of cyclic esters (lactones) is 1. The van der Waals surface area contributed by atoms with E-state index in [2.05, 4.69) is 37.3 Å². The van der Waals surface area contributed by atoms with Crippen LogP contribution in [0.1, 0.15) is 91.0 Å². The highest BCUT2D eigenvalue weighted by atomic mass is 19.1. The molecule has 3 heterocycles. The van der Waals surface area contributed by atoms with Crippen molar-refractivity contribution in [2.45, 2.75) is 172 Å². The first kappa shape index (κ1) is 47.4. The van der Waals surface area contributed by atoms with Crippen LogP contribution in [0, 0.1) is 48.2 Å². The van der Waals surface area contributed by atoms with Crippen LogP contribution in [-0.2, 0) is 47.5 Å². The summed E-state index contributed by atoms with van der Waals surface area (Å²) < 4.78 is 65.7. The molecule has 1 aromatic carbocycles. The number of halogens is 1. The Bertz CT molecular complexity index is 1710. The van der Waals surface area contributed by atoms with E-state index in [0.717, 1.165) is 19.3 Å². The molecule has 2 saturated carbocycles. The summed E-state index contributed by atoms with van der Waals surface area (Å²) in [5.41, 5.74) is 1.55. The van der Waals surface area contributed by atoms with Gasteiger partial charge in [-0.3, -0.25) is 9.59 Å². The van der Waals surface area contributed by atoms with E-state index in [0.29, 0.717) is 48.9 Å². The number of nitrogens with zero attached hydrogens (tertiary/aromatic N) is 1. The Labute approximate surface area is 368 Å². The fourth-order valence-electron chi connectivity index (χ4n) is 12.2. The summed E-state index contributed by atoms with van der Waals surface area (Å²) in [5.74, 6) is -3.07. The van der Waals surface area contributed by atoms with Gasteiger partial charge in [-0.2, -0.15) is 0 Å². The van der Waals surface area contributed by atoms with Crippen molar-refractivity contribution < 1.29 is 57.0 Å². The molecule has 62 heavy (non-hydrogen) atoms. The molecule has 14 heteroatoms. The predicted octanol–water partition coefficient (Wildman–Crippen LogP) is 6.22. The fourth-order valence-corrected chi connectivity index (χ4v) is 12.2. The largest absolute Gasteiger partial charge is 0.462 e. The number of Topliss-reactive ketones (excluding diaryl/α,β-unsaturated/α-hetero) is 1. The molecule has 13 nitrogen and oxygen atoms in total. The van der Waals surface area contributed by atoms with E-state index in [1.807, 2.05) is 33.8 Å². The van der Waals surface area contributed by atoms with Gasteiger partial charge in [-0.25, -0.2) is 4.39 Å². The number of hydrogen-bond donors (Lipinski definition) is 2. The van der Waals surface area contributed by atoms with Crippen molar-refractivity contribution in [3.63, 3.8) is 0 Å². The lowest BCUT2D eigenvalue weighted by Crippen LogP contribution is -2.59. The summed E-state index contributed by atoms with van der Waals surface area (Å²) in [4.78, 5) is 31.4. The van der Waals surface area contributed by atoms with E-state index in [1.165, 1.54) is 6.07 Å². The molecule has 0 radical (unpaired) electrons. The van der Waals surface area contributed by atoms with Gasteiger partial charge in [-0.1, -0.05) is 32.1 Å². The molecule has 348 valence electrons. The Balaban J connectivity index is 1.23. The molecule has 1 aromatic rings. The second kappa shape index (κ2) is 20.3. The van der Waals surface area contributed by atoms with Crippen LogP contribution < -0.4 is 5.32 Å². The smallest absolute Gasteiger partial charge is 0.306 e. The number of aryl methyl sites for hydroxylation is 1. The van der Waals surface area contributed by atoms with Gasteiger partial charge in [-0.05, 0) is 127 Å². The van der Waals surface area contributed by atoms with Gasteiger partial charge in [-0.15, -0.1) is 0 Å². The maximum absolute atomic E-state index is 15.7. The van der Waals surface area contributed by atoms with Gasteiger partial charge in [0.2, 0.25) is 0 Å². The van der Waals surface area contributed by atoms with Crippen LogP contribution in [0.3, 0.4) is 0 Å².